The molecule has 1 aromatic rings. The molecule has 0 aromatic carbocycles. The van der Waals surface area contributed by atoms with Crippen molar-refractivity contribution in [3.05, 3.63) is 18.2 Å². The Morgan fingerprint density at radius 1 is 1.47 bits per heavy atom. The zero-order valence-corrected chi connectivity index (χ0v) is 9.61. The van der Waals surface area contributed by atoms with Gasteiger partial charge in [0.25, 0.3) is 0 Å². The Morgan fingerprint density at radius 2 is 2.24 bits per heavy atom. The van der Waals surface area contributed by atoms with Gasteiger partial charge in [-0.1, -0.05) is 0 Å². The van der Waals surface area contributed by atoms with Gasteiger partial charge in [-0.2, -0.15) is 8.78 Å². The van der Waals surface area contributed by atoms with Crippen LogP contribution in [0.5, 0.6) is 0 Å². The van der Waals surface area contributed by atoms with Crippen LogP contribution < -0.4 is 5.32 Å². The first kappa shape index (κ1) is 12.4. The number of hydrogen-bond acceptors (Lipinski definition) is 3. The van der Waals surface area contributed by atoms with Gasteiger partial charge in [-0.15, -0.1) is 0 Å². The molecule has 0 atom stereocenters. The molecule has 96 valence electrons. The highest BCUT2D eigenvalue weighted by molar-refractivity contribution is 4.92. The third kappa shape index (κ3) is 3.47. The van der Waals surface area contributed by atoms with Crippen molar-refractivity contribution in [2.75, 3.05) is 19.8 Å². The van der Waals surface area contributed by atoms with Crippen LogP contribution in [0.15, 0.2) is 12.4 Å². The summed E-state index contributed by atoms with van der Waals surface area (Å²) in [5.74, 6) is 0.964. The Balaban J connectivity index is 1.75. The molecule has 17 heavy (non-hydrogen) atoms. The van der Waals surface area contributed by atoms with Gasteiger partial charge in [0.05, 0.1) is 6.54 Å². The molecule has 2 heterocycles. The van der Waals surface area contributed by atoms with E-state index in [1.165, 1.54) is 12.4 Å². The minimum Gasteiger partial charge on any atom is -0.381 e. The number of imidazole rings is 1. The number of nitrogens with zero attached hydrogens (tertiary/aromatic N) is 2. The van der Waals surface area contributed by atoms with Crippen LogP contribution >= 0.6 is 0 Å². The second kappa shape index (κ2) is 6.07. The summed E-state index contributed by atoms with van der Waals surface area (Å²) in [7, 11) is 0. The lowest BCUT2D eigenvalue weighted by molar-refractivity contribution is 0.0633. The van der Waals surface area contributed by atoms with Crippen molar-refractivity contribution in [2.24, 2.45) is 5.92 Å². The smallest absolute Gasteiger partial charge is 0.319 e. The first-order valence-electron chi connectivity index (χ1n) is 5.85. The topological polar surface area (TPSA) is 39.1 Å². The van der Waals surface area contributed by atoms with Gasteiger partial charge in [-0.3, -0.25) is 4.57 Å². The summed E-state index contributed by atoms with van der Waals surface area (Å²) in [5.41, 5.74) is 0. The van der Waals surface area contributed by atoms with E-state index in [0.29, 0.717) is 18.3 Å². The molecule has 1 aliphatic rings. The van der Waals surface area contributed by atoms with Crippen molar-refractivity contribution in [3.63, 3.8) is 0 Å². The molecule has 1 aromatic heterocycles. The van der Waals surface area contributed by atoms with Crippen LogP contribution in [0.25, 0.3) is 0 Å². The van der Waals surface area contributed by atoms with E-state index in [9.17, 15) is 8.78 Å². The van der Waals surface area contributed by atoms with Gasteiger partial charge in [0, 0.05) is 25.6 Å². The molecular formula is C11H17F2N3O. The van der Waals surface area contributed by atoms with Gasteiger partial charge in [0.1, 0.15) is 5.82 Å². The van der Waals surface area contributed by atoms with Gasteiger partial charge in [0.15, 0.2) is 0 Å². The van der Waals surface area contributed by atoms with Crippen LogP contribution in [-0.4, -0.2) is 29.3 Å². The lowest BCUT2D eigenvalue weighted by Crippen LogP contribution is -2.28. The van der Waals surface area contributed by atoms with Crippen LogP contribution in [0.4, 0.5) is 8.78 Å². The number of rotatable bonds is 5. The molecule has 1 aliphatic heterocycles. The van der Waals surface area contributed by atoms with E-state index >= 15 is 0 Å². The highest BCUT2D eigenvalue weighted by Gasteiger charge is 2.14. The molecule has 0 amide bonds. The Hall–Kier alpha value is -1.01. The standard InChI is InChI=1S/C11H17F2N3O/c12-11(13)16-4-3-15-10(16)8-14-7-9-1-5-17-6-2-9/h3-4,9,11,14H,1-2,5-8H2. The highest BCUT2D eigenvalue weighted by atomic mass is 19.3. The average Bonchev–Trinajstić information content (AvgIpc) is 2.79. The van der Waals surface area contributed by atoms with Crippen LogP contribution in [-0.2, 0) is 11.3 Å². The minimum atomic E-state index is -2.52. The zero-order chi connectivity index (χ0) is 12.1. The Kier molecular flexibility index (Phi) is 4.44. The van der Waals surface area contributed by atoms with Gasteiger partial charge in [0.2, 0.25) is 0 Å². The van der Waals surface area contributed by atoms with E-state index in [2.05, 4.69) is 10.3 Å². The Bertz CT molecular complexity index is 337. The molecule has 0 saturated carbocycles. The summed E-state index contributed by atoms with van der Waals surface area (Å²) in [5, 5.41) is 3.18. The lowest BCUT2D eigenvalue weighted by atomic mass is 10.0. The van der Waals surface area contributed by atoms with Crippen molar-refractivity contribution in [3.8, 4) is 0 Å². The van der Waals surface area contributed by atoms with E-state index in [1.807, 2.05) is 0 Å². The zero-order valence-electron chi connectivity index (χ0n) is 9.61. The number of alkyl halides is 2. The number of nitrogens with one attached hydrogen (secondary N) is 1. The van der Waals surface area contributed by atoms with E-state index in [4.69, 9.17) is 4.74 Å². The molecule has 1 fully saturated rings. The third-order valence-corrected chi connectivity index (χ3v) is 3.02. The van der Waals surface area contributed by atoms with Gasteiger partial charge < -0.3 is 10.1 Å². The summed E-state index contributed by atoms with van der Waals surface area (Å²) in [6, 6.07) is 0. The van der Waals surface area contributed by atoms with Crippen molar-refractivity contribution in [1.29, 1.82) is 0 Å². The van der Waals surface area contributed by atoms with E-state index < -0.39 is 6.55 Å². The van der Waals surface area contributed by atoms with Gasteiger partial charge in [-0.25, -0.2) is 4.98 Å². The van der Waals surface area contributed by atoms with Crippen LogP contribution in [0, 0.1) is 5.92 Å². The summed E-state index contributed by atoms with van der Waals surface area (Å²) < 4.78 is 31.2. The third-order valence-electron chi connectivity index (χ3n) is 3.02. The molecule has 0 spiro atoms. The predicted octanol–water partition coefficient (Wildman–Crippen LogP) is 1.79. The molecule has 1 saturated heterocycles. The molecule has 0 unspecified atom stereocenters. The maximum atomic E-state index is 12.5. The summed E-state index contributed by atoms with van der Waals surface area (Å²) in [6.45, 7) is 0.307. The Morgan fingerprint density at radius 3 is 2.94 bits per heavy atom. The molecule has 0 radical (unpaired) electrons. The Labute approximate surface area is 99.0 Å². The highest BCUT2D eigenvalue weighted by Crippen LogP contribution is 2.14. The van der Waals surface area contributed by atoms with Crippen LogP contribution in [0.2, 0.25) is 0 Å². The number of hydrogen-bond donors (Lipinski definition) is 1. The van der Waals surface area contributed by atoms with E-state index in [1.54, 1.807) is 0 Å². The van der Waals surface area contributed by atoms with Crippen molar-refractivity contribution < 1.29 is 13.5 Å². The molecule has 4 nitrogen and oxygen atoms in total. The summed E-state index contributed by atoms with van der Waals surface area (Å²) >= 11 is 0. The fourth-order valence-corrected chi connectivity index (χ4v) is 2.00. The van der Waals surface area contributed by atoms with Crippen LogP contribution in [0.3, 0.4) is 0 Å². The fraction of sp³-hybridized carbons (Fsp3) is 0.727. The largest absolute Gasteiger partial charge is 0.381 e. The minimum absolute atomic E-state index is 0.382. The molecule has 0 aliphatic carbocycles. The number of halogens is 2. The normalized spacial score (nSPS) is 17.8. The SMILES string of the molecule is FC(F)n1ccnc1CNCC1CCOCC1. The number of aromatic nitrogens is 2. The van der Waals surface area contributed by atoms with Gasteiger partial charge in [-0.05, 0) is 25.3 Å². The lowest BCUT2D eigenvalue weighted by Gasteiger charge is -2.22. The van der Waals surface area contributed by atoms with Crippen LogP contribution in [0.1, 0.15) is 25.2 Å². The maximum absolute atomic E-state index is 12.5. The first-order chi connectivity index (χ1) is 8.27. The van der Waals surface area contributed by atoms with E-state index in [-0.39, 0.29) is 0 Å². The maximum Gasteiger partial charge on any atom is 0.319 e. The molecule has 1 N–H and O–H groups in total. The van der Waals surface area contributed by atoms with Crippen molar-refractivity contribution >= 4 is 0 Å². The van der Waals surface area contributed by atoms with Crippen molar-refractivity contribution in [1.82, 2.24) is 14.9 Å². The number of ether oxygens (including phenoxy) is 1. The fourth-order valence-electron chi connectivity index (χ4n) is 2.00. The van der Waals surface area contributed by atoms with E-state index in [0.717, 1.165) is 37.2 Å². The first-order valence-corrected chi connectivity index (χ1v) is 5.85. The second-order valence-electron chi connectivity index (χ2n) is 4.22. The average molecular weight is 245 g/mol. The predicted molar refractivity (Wildman–Crippen MR) is 58.7 cm³/mol. The second-order valence-corrected chi connectivity index (χ2v) is 4.22. The molecule has 2 rings (SSSR count). The molecule has 6 heteroatoms. The molecular weight excluding hydrogens is 228 g/mol. The quantitative estimate of drug-likeness (QED) is 0.859. The monoisotopic (exact) mass is 245 g/mol. The summed E-state index contributed by atoms with van der Waals surface area (Å²) in [6.07, 6.45) is 4.78. The summed E-state index contributed by atoms with van der Waals surface area (Å²) in [4.78, 5) is 3.92. The van der Waals surface area contributed by atoms with Crippen molar-refractivity contribution in [2.45, 2.75) is 25.9 Å². The molecule has 0 bridgehead atoms. The van der Waals surface area contributed by atoms with Gasteiger partial charge >= 0.3 is 6.55 Å².